The summed E-state index contributed by atoms with van der Waals surface area (Å²) in [5.74, 6) is 0. The van der Waals surface area contributed by atoms with Crippen LogP contribution in [0.3, 0.4) is 0 Å². The van der Waals surface area contributed by atoms with Crippen LogP contribution in [0.15, 0.2) is 24.4 Å². The van der Waals surface area contributed by atoms with Crippen molar-refractivity contribution in [2.75, 3.05) is 0 Å². The number of benzene rings is 1. The van der Waals surface area contributed by atoms with Crippen molar-refractivity contribution >= 4 is 6.29 Å². The summed E-state index contributed by atoms with van der Waals surface area (Å²) in [7, 11) is 0. The number of aromatic amines is 1. The Balaban J connectivity index is 2.21. The van der Waals surface area contributed by atoms with E-state index in [1.54, 1.807) is 0 Å². The fraction of sp³-hybridized carbons (Fsp3) is 0.450. The molecular formula is C20H25NO. The molecule has 0 saturated heterocycles. The molecule has 2 nitrogen and oxygen atoms in total. The largest absolute Gasteiger partial charge is 0.358 e. The molecule has 0 amide bonds. The van der Waals surface area contributed by atoms with Gasteiger partial charge in [-0.1, -0.05) is 33.8 Å². The molecule has 2 heteroatoms. The molecule has 1 N–H and O–H groups in total. The molecule has 0 bridgehead atoms. The van der Waals surface area contributed by atoms with Gasteiger partial charge in [-0.15, -0.1) is 0 Å². The topological polar surface area (TPSA) is 32.9 Å². The van der Waals surface area contributed by atoms with Gasteiger partial charge in [-0.3, -0.25) is 4.79 Å². The second-order valence-electron chi connectivity index (χ2n) is 7.94. The van der Waals surface area contributed by atoms with Gasteiger partial charge in [-0.05, 0) is 65.0 Å². The van der Waals surface area contributed by atoms with Gasteiger partial charge in [-0.2, -0.15) is 0 Å². The molecule has 1 aromatic carbocycles. The highest BCUT2D eigenvalue weighted by atomic mass is 16.1. The maximum atomic E-state index is 10.9. The van der Waals surface area contributed by atoms with Crippen molar-refractivity contribution in [2.45, 2.75) is 58.3 Å². The monoisotopic (exact) mass is 295 g/mol. The summed E-state index contributed by atoms with van der Waals surface area (Å²) in [6.45, 7) is 11.5. The molecule has 0 fully saturated rings. The molecule has 1 heterocycles. The number of hydrogen-bond donors (Lipinski definition) is 1. The summed E-state index contributed by atoms with van der Waals surface area (Å²) in [5, 5.41) is 0. The molecule has 0 atom stereocenters. The molecule has 116 valence electrons. The Kier molecular flexibility index (Phi) is 3.32. The van der Waals surface area contributed by atoms with Gasteiger partial charge in [0.25, 0.3) is 0 Å². The zero-order valence-corrected chi connectivity index (χ0v) is 14.2. The fourth-order valence-electron chi connectivity index (χ4n) is 3.67. The van der Waals surface area contributed by atoms with Crippen molar-refractivity contribution in [3.63, 3.8) is 0 Å². The lowest BCUT2D eigenvalue weighted by molar-refractivity contribution is 0.111. The van der Waals surface area contributed by atoms with E-state index in [1.165, 1.54) is 35.1 Å². The van der Waals surface area contributed by atoms with Crippen LogP contribution in [-0.4, -0.2) is 11.3 Å². The number of aldehydes is 1. The average molecular weight is 295 g/mol. The van der Waals surface area contributed by atoms with Gasteiger partial charge in [0.05, 0.1) is 5.69 Å². The van der Waals surface area contributed by atoms with E-state index in [0.29, 0.717) is 5.69 Å². The molecule has 0 unspecified atom stereocenters. The van der Waals surface area contributed by atoms with Gasteiger partial charge in [0.15, 0.2) is 6.29 Å². The molecule has 0 aliphatic heterocycles. The van der Waals surface area contributed by atoms with Crippen molar-refractivity contribution in [3.8, 4) is 11.1 Å². The van der Waals surface area contributed by atoms with Crippen LogP contribution in [0.1, 0.15) is 67.7 Å². The normalized spacial score (nSPS) is 18.8. The molecule has 3 rings (SSSR count). The van der Waals surface area contributed by atoms with Gasteiger partial charge < -0.3 is 4.98 Å². The van der Waals surface area contributed by atoms with E-state index in [0.717, 1.165) is 11.8 Å². The van der Waals surface area contributed by atoms with Crippen molar-refractivity contribution in [3.05, 3.63) is 46.8 Å². The Morgan fingerprint density at radius 3 is 2.14 bits per heavy atom. The number of nitrogens with one attached hydrogen (secondary N) is 1. The number of rotatable bonds is 2. The number of aryl methyl sites for hydroxylation is 1. The maximum Gasteiger partial charge on any atom is 0.166 e. The van der Waals surface area contributed by atoms with E-state index < -0.39 is 0 Å². The van der Waals surface area contributed by atoms with Gasteiger partial charge in [-0.25, -0.2) is 0 Å². The first-order chi connectivity index (χ1) is 10.2. The Hall–Kier alpha value is -1.83. The van der Waals surface area contributed by atoms with Crippen LogP contribution in [0, 0.1) is 6.92 Å². The summed E-state index contributed by atoms with van der Waals surface area (Å²) < 4.78 is 0. The molecular weight excluding hydrogens is 270 g/mol. The SMILES string of the molecule is Cc1cc2c(cc1-c1c[nH]c(C=O)c1)C(C)(C)CCC2(C)C. The minimum absolute atomic E-state index is 0.205. The highest BCUT2D eigenvalue weighted by Crippen LogP contribution is 2.47. The Morgan fingerprint density at radius 1 is 1.00 bits per heavy atom. The molecule has 2 aromatic rings. The van der Waals surface area contributed by atoms with Crippen molar-refractivity contribution < 1.29 is 4.79 Å². The van der Waals surface area contributed by atoms with Gasteiger partial charge >= 0.3 is 0 Å². The third kappa shape index (κ3) is 2.31. The smallest absolute Gasteiger partial charge is 0.166 e. The lowest BCUT2D eigenvalue weighted by Gasteiger charge is -2.42. The zero-order valence-electron chi connectivity index (χ0n) is 14.2. The summed E-state index contributed by atoms with van der Waals surface area (Å²) in [6, 6.07) is 6.64. The summed E-state index contributed by atoms with van der Waals surface area (Å²) >= 11 is 0. The van der Waals surface area contributed by atoms with Crippen LogP contribution < -0.4 is 0 Å². The highest BCUT2D eigenvalue weighted by molar-refractivity contribution is 5.78. The molecule has 0 radical (unpaired) electrons. The number of carbonyl (C=O) groups is 1. The third-order valence-corrected chi connectivity index (χ3v) is 5.34. The first-order valence-corrected chi connectivity index (χ1v) is 8.04. The Labute approximate surface area is 133 Å². The van der Waals surface area contributed by atoms with Crippen molar-refractivity contribution in [1.29, 1.82) is 0 Å². The van der Waals surface area contributed by atoms with Crippen LogP contribution in [0.4, 0.5) is 0 Å². The Morgan fingerprint density at radius 2 is 1.59 bits per heavy atom. The first kappa shape index (κ1) is 15.1. The summed E-state index contributed by atoms with van der Waals surface area (Å²) in [4.78, 5) is 14.0. The van der Waals surface area contributed by atoms with E-state index in [1.807, 2.05) is 12.3 Å². The number of aromatic nitrogens is 1. The van der Waals surface area contributed by atoms with Crippen LogP contribution in [0.25, 0.3) is 11.1 Å². The van der Waals surface area contributed by atoms with E-state index in [9.17, 15) is 4.79 Å². The van der Waals surface area contributed by atoms with E-state index in [-0.39, 0.29) is 10.8 Å². The summed E-state index contributed by atoms with van der Waals surface area (Å²) in [5.41, 5.74) is 7.62. The molecule has 1 aliphatic rings. The van der Waals surface area contributed by atoms with E-state index in [4.69, 9.17) is 0 Å². The third-order valence-electron chi connectivity index (χ3n) is 5.34. The number of fused-ring (bicyclic) bond motifs is 1. The van der Waals surface area contributed by atoms with Crippen molar-refractivity contribution in [2.24, 2.45) is 0 Å². The molecule has 1 aliphatic carbocycles. The van der Waals surface area contributed by atoms with E-state index >= 15 is 0 Å². The predicted octanol–water partition coefficient (Wildman–Crippen LogP) is 5.15. The fourth-order valence-corrected chi connectivity index (χ4v) is 3.67. The summed E-state index contributed by atoms with van der Waals surface area (Å²) in [6.07, 6.45) is 5.23. The van der Waals surface area contributed by atoms with Crippen molar-refractivity contribution in [1.82, 2.24) is 4.98 Å². The van der Waals surface area contributed by atoms with Crippen LogP contribution in [-0.2, 0) is 10.8 Å². The number of carbonyl (C=O) groups excluding carboxylic acids is 1. The minimum atomic E-state index is 0.205. The average Bonchev–Trinajstić information content (AvgIpc) is 2.92. The molecule has 0 saturated carbocycles. The van der Waals surface area contributed by atoms with Gasteiger partial charge in [0.2, 0.25) is 0 Å². The molecule has 0 spiro atoms. The standard InChI is InChI=1S/C20H25NO/c1-13-8-17-18(20(4,5)7-6-19(17,2)3)10-16(13)14-9-15(12-22)21-11-14/h8-12,21H,6-7H2,1-5H3. The van der Waals surface area contributed by atoms with Crippen LogP contribution >= 0.6 is 0 Å². The minimum Gasteiger partial charge on any atom is -0.358 e. The maximum absolute atomic E-state index is 10.9. The number of H-pyrrole nitrogens is 1. The lowest BCUT2D eigenvalue weighted by Crippen LogP contribution is -2.34. The van der Waals surface area contributed by atoms with Crippen LogP contribution in [0.5, 0.6) is 0 Å². The number of hydrogen-bond acceptors (Lipinski definition) is 1. The lowest BCUT2D eigenvalue weighted by atomic mass is 9.62. The predicted molar refractivity (Wildman–Crippen MR) is 91.6 cm³/mol. The first-order valence-electron chi connectivity index (χ1n) is 8.04. The molecule has 22 heavy (non-hydrogen) atoms. The zero-order chi connectivity index (χ0) is 16.1. The van der Waals surface area contributed by atoms with Gasteiger partial charge in [0.1, 0.15) is 0 Å². The quantitative estimate of drug-likeness (QED) is 0.763. The Bertz CT molecular complexity index is 734. The second-order valence-corrected chi connectivity index (χ2v) is 7.94. The second kappa shape index (κ2) is 4.84. The van der Waals surface area contributed by atoms with Crippen LogP contribution in [0.2, 0.25) is 0 Å². The highest BCUT2D eigenvalue weighted by Gasteiger charge is 2.37. The van der Waals surface area contributed by atoms with Gasteiger partial charge in [0, 0.05) is 11.8 Å². The van der Waals surface area contributed by atoms with E-state index in [2.05, 4.69) is 51.7 Å². The molecule has 1 aromatic heterocycles.